The number of nitrogens with one attached hydrogen (secondary N) is 1. The molecule has 2 atom stereocenters. The molecule has 0 aromatic rings. The van der Waals surface area contributed by atoms with Crippen molar-refractivity contribution in [3.8, 4) is 0 Å². The average Bonchev–Trinajstić information content (AvgIpc) is 2.38. The lowest BCUT2D eigenvalue weighted by Crippen LogP contribution is -2.45. The van der Waals surface area contributed by atoms with Gasteiger partial charge in [-0.1, -0.05) is 26.7 Å². The summed E-state index contributed by atoms with van der Waals surface area (Å²) in [6, 6.07) is 0.878. The molecular weight excluding hydrogens is 208 g/mol. The fourth-order valence-corrected chi connectivity index (χ4v) is 3.73. The summed E-state index contributed by atoms with van der Waals surface area (Å²) in [6.45, 7) is 9.90. The highest BCUT2D eigenvalue weighted by Crippen LogP contribution is 2.29. The van der Waals surface area contributed by atoms with Crippen molar-refractivity contribution in [1.82, 2.24) is 10.2 Å². The number of hydrogen-bond acceptors (Lipinski definition) is 2. The summed E-state index contributed by atoms with van der Waals surface area (Å²) < 4.78 is 0. The van der Waals surface area contributed by atoms with E-state index in [1.54, 1.807) is 0 Å². The SMILES string of the molecule is CCN(CC1CCNCC1)C1CCCCC1C. The molecular formula is C15H30N2. The Balaban J connectivity index is 1.85. The van der Waals surface area contributed by atoms with Gasteiger partial charge in [-0.05, 0) is 57.2 Å². The van der Waals surface area contributed by atoms with Crippen LogP contribution in [-0.4, -0.2) is 37.1 Å². The van der Waals surface area contributed by atoms with E-state index in [4.69, 9.17) is 0 Å². The van der Waals surface area contributed by atoms with Gasteiger partial charge in [0.25, 0.3) is 0 Å². The second kappa shape index (κ2) is 6.75. The summed E-state index contributed by atoms with van der Waals surface area (Å²) in [5.41, 5.74) is 0. The van der Waals surface area contributed by atoms with Crippen LogP contribution in [0.15, 0.2) is 0 Å². The molecule has 2 aliphatic rings. The smallest absolute Gasteiger partial charge is 0.0121 e. The summed E-state index contributed by atoms with van der Waals surface area (Å²) in [5.74, 6) is 1.87. The van der Waals surface area contributed by atoms with Crippen molar-refractivity contribution in [3.63, 3.8) is 0 Å². The highest BCUT2D eigenvalue weighted by Gasteiger charge is 2.28. The van der Waals surface area contributed by atoms with Crippen molar-refractivity contribution in [2.45, 2.75) is 58.4 Å². The van der Waals surface area contributed by atoms with Gasteiger partial charge in [0.15, 0.2) is 0 Å². The lowest BCUT2D eigenvalue weighted by Gasteiger charge is -2.40. The third-order valence-electron chi connectivity index (χ3n) is 4.89. The summed E-state index contributed by atoms with van der Waals surface area (Å²) in [5, 5.41) is 3.48. The molecule has 2 rings (SSSR count). The maximum absolute atomic E-state index is 3.48. The van der Waals surface area contributed by atoms with Gasteiger partial charge < -0.3 is 10.2 Å². The quantitative estimate of drug-likeness (QED) is 0.810. The van der Waals surface area contributed by atoms with Crippen molar-refractivity contribution in [1.29, 1.82) is 0 Å². The van der Waals surface area contributed by atoms with Crippen molar-refractivity contribution < 1.29 is 0 Å². The molecule has 0 radical (unpaired) electrons. The molecule has 0 aromatic carbocycles. The van der Waals surface area contributed by atoms with Crippen LogP contribution in [0.25, 0.3) is 0 Å². The van der Waals surface area contributed by atoms with Crippen LogP contribution in [0.4, 0.5) is 0 Å². The number of piperidine rings is 1. The molecule has 1 N–H and O–H groups in total. The lowest BCUT2D eigenvalue weighted by molar-refractivity contribution is 0.0929. The van der Waals surface area contributed by atoms with Gasteiger partial charge in [-0.2, -0.15) is 0 Å². The molecule has 1 heterocycles. The third-order valence-corrected chi connectivity index (χ3v) is 4.89. The topological polar surface area (TPSA) is 15.3 Å². The van der Waals surface area contributed by atoms with Crippen molar-refractivity contribution in [3.05, 3.63) is 0 Å². The minimum absolute atomic E-state index is 0.878. The molecule has 0 spiro atoms. The van der Waals surface area contributed by atoms with E-state index >= 15 is 0 Å². The largest absolute Gasteiger partial charge is 0.317 e. The van der Waals surface area contributed by atoms with Gasteiger partial charge in [-0.15, -0.1) is 0 Å². The molecule has 2 nitrogen and oxygen atoms in total. The summed E-state index contributed by atoms with van der Waals surface area (Å²) >= 11 is 0. The molecule has 2 heteroatoms. The monoisotopic (exact) mass is 238 g/mol. The number of hydrogen-bond donors (Lipinski definition) is 1. The van der Waals surface area contributed by atoms with E-state index in [0.29, 0.717) is 0 Å². The molecule has 0 amide bonds. The van der Waals surface area contributed by atoms with Crippen LogP contribution in [0.5, 0.6) is 0 Å². The van der Waals surface area contributed by atoms with Crippen LogP contribution in [0, 0.1) is 11.8 Å². The van der Waals surface area contributed by atoms with E-state index < -0.39 is 0 Å². The van der Waals surface area contributed by atoms with Crippen LogP contribution in [0.1, 0.15) is 52.4 Å². The first-order chi connectivity index (χ1) is 8.31. The zero-order chi connectivity index (χ0) is 12.1. The second-order valence-corrected chi connectivity index (χ2v) is 6.11. The van der Waals surface area contributed by atoms with Crippen molar-refractivity contribution in [2.75, 3.05) is 26.2 Å². The molecule has 100 valence electrons. The molecule has 2 fully saturated rings. The van der Waals surface area contributed by atoms with E-state index in [1.165, 1.54) is 64.7 Å². The molecule has 1 saturated carbocycles. The van der Waals surface area contributed by atoms with Crippen LogP contribution in [0.3, 0.4) is 0 Å². The predicted molar refractivity (Wildman–Crippen MR) is 74.3 cm³/mol. The van der Waals surface area contributed by atoms with Gasteiger partial charge in [-0.25, -0.2) is 0 Å². The Hall–Kier alpha value is -0.0800. The molecule has 2 unspecified atom stereocenters. The van der Waals surface area contributed by atoms with Crippen LogP contribution >= 0.6 is 0 Å². The summed E-state index contributed by atoms with van der Waals surface area (Å²) in [7, 11) is 0. The van der Waals surface area contributed by atoms with Gasteiger partial charge in [0.1, 0.15) is 0 Å². The summed E-state index contributed by atoms with van der Waals surface area (Å²) in [6.07, 6.45) is 8.59. The normalized spacial score (nSPS) is 31.9. The fraction of sp³-hybridized carbons (Fsp3) is 1.00. The highest BCUT2D eigenvalue weighted by molar-refractivity contribution is 4.83. The maximum atomic E-state index is 3.48. The first-order valence-electron chi connectivity index (χ1n) is 7.76. The Bertz CT molecular complexity index is 211. The Morgan fingerprint density at radius 1 is 1.06 bits per heavy atom. The van der Waals surface area contributed by atoms with Crippen LogP contribution < -0.4 is 5.32 Å². The molecule has 0 bridgehead atoms. The molecule has 1 aliphatic carbocycles. The van der Waals surface area contributed by atoms with Gasteiger partial charge >= 0.3 is 0 Å². The minimum atomic E-state index is 0.878. The van der Waals surface area contributed by atoms with Gasteiger partial charge in [0.05, 0.1) is 0 Å². The zero-order valence-electron chi connectivity index (χ0n) is 11.8. The maximum Gasteiger partial charge on any atom is 0.0121 e. The Morgan fingerprint density at radius 3 is 2.41 bits per heavy atom. The minimum Gasteiger partial charge on any atom is -0.317 e. The van der Waals surface area contributed by atoms with Gasteiger partial charge in [-0.3, -0.25) is 0 Å². The van der Waals surface area contributed by atoms with E-state index in [0.717, 1.165) is 17.9 Å². The van der Waals surface area contributed by atoms with E-state index in [-0.39, 0.29) is 0 Å². The standard InChI is InChI=1S/C15H30N2/c1-3-17(12-14-8-10-16-11-9-14)15-7-5-4-6-13(15)2/h13-16H,3-12H2,1-2H3. The molecule has 0 aromatic heterocycles. The lowest BCUT2D eigenvalue weighted by atomic mass is 9.84. The number of nitrogens with zero attached hydrogens (tertiary/aromatic N) is 1. The molecule has 17 heavy (non-hydrogen) atoms. The van der Waals surface area contributed by atoms with E-state index in [9.17, 15) is 0 Å². The Morgan fingerprint density at radius 2 is 1.76 bits per heavy atom. The van der Waals surface area contributed by atoms with Crippen molar-refractivity contribution >= 4 is 0 Å². The highest BCUT2D eigenvalue weighted by atomic mass is 15.2. The van der Waals surface area contributed by atoms with Gasteiger partial charge in [0, 0.05) is 12.6 Å². The van der Waals surface area contributed by atoms with Crippen LogP contribution in [0.2, 0.25) is 0 Å². The predicted octanol–water partition coefficient (Wildman–Crippen LogP) is 2.89. The fourth-order valence-electron chi connectivity index (χ4n) is 3.73. The summed E-state index contributed by atoms with van der Waals surface area (Å²) in [4.78, 5) is 2.79. The Kier molecular flexibility index (Phi) is 5.30. The molecule has 1 aliphatic heterocycles. The molecule has 1 saturated heterocycles. The zero-order valence-corrected chi connectivity index (χ0v) is 11.8. The Labute approximate surface area is 107 Å². The van der Waals surface area contributed by atoms with E-state index in [1.807, 2.05) is 0 Å². The third kappa shape index (κ3) is 3.69. The van der Waals surface area contributed by atoms with Crippen LogP contribution in [-0.2, 0) is 0 Å². The van der Waals surface area contributed by atoms with Crippen molar-refractivity contribution in [2.24, 2.45) is 11.8 Å². The number of rotatable bonds is 4. The average molecular weight is 238 g/mol. The van der Waals surface area contributed by atoms with Gasteiger partial charge in [0.2, 0.25) is 0 Å². The second-order valence-electron chi connectivity index (χ2n) is 6.11. The van der Waals surface area contributed by atoms with E-state index in [2.05, 4.69) is 24.1 Å². The first-order valence-corrected chi connectivity index (χ1v) is 7.76. The first kappa shape index (κ1) is 13.4.